The molecule has 2 atom stereocenters. The van der Waals surface area contributed by atoms with Crippen molar-refractivity contribution in [1.29, 1.82) is 0 Å². The number of pyridine rings is 1. The Bertz CT molecular complexity index is 903. The van der Waals surface area contributed by atoms with E-state index < -0.39 is 5.82 Å². The summed E-state index contributed by atoms with van der Waals surface area (Å²) in [4.78, 5) is 29.9. The largest absolute Gasteiger partial charge is 0.356 e. The summed E-state index contributed by atoms with van der Waals surface area (Å²) in [6, 6.07) is 1.46. The van der Waals surface area contributed by atoms with Gasteiger partial charge in [-0.15, -0.1) is 0 Å². The van der Waals surface area contributed by atoms with E-state index in [2.05, 4.69) is 14.9 Å². The molecule has 0 radical (unpaired) electrons. The standard InChI is InChI=1S/C20H22FN5O/c1-12-23-18-4-2-3-16(18)19(24-12)25-8-13-10-26(11-14(13)9-25)20(27)15-5-6-22-7-17(15)21/h5-7,13-14H,2-4,8-11H2,1H3. The molecule has 0 N–H and O–H groups in total. The Kier molecular flexibility index (Phi) is 3.84. The number of rotatable bonds is 2. The van der Waals surface area contributed by atoms with Crippen molar-refractivity contribution in [2.24, 2.45) is 11.8 Å². The molecule has 2 saturated heterocycles. The summed E-state index contributed by atoms with van der Waals surface area (Å²) in [6.07, 6.45) is 5.83. The molecular weight excluding hydrogens is 345 g/mol. The van der Waals surface area contributed by atoms with Gasteiger partial charge in [-0.25, -0.2) is 14.4 Å². The molecule has 1 amide bonds. The molecule has 2 unspecified atom stereocenters. The smallest absolute Gasteiger partial charge is 0.256 e. The highest BCUT2D eigenvalue weighted by Gasteiger charge is 2.43. The first-order chi connectivity index (χ1) is 13.1. The molecule has 5 rings (SSSR count). The number of likely N-dealkylation sites (tertiary alicyclic amines) is 1. The molecule has 2 fully saturated rings. The molecule has 7 heteroatoms. The summed E-state index contributed by atoms with van der Waals surface area (Å²) in [6.45, 7) is 5.11. The number of halogens is 1. The molecule has 0 bridgehead atoms. The third-order valence-corrected chi connectivity index (χ3v) is 6.10. The van der Waals surface area contributed by atoms with E-state index >= 15 is 0 Å². The van der Waals surface area contributed by atoms with E-state index in [0.717, 1.165) is 50.2 Å². The highest BCUT2D eigenvalue weighted by molar-refractivity contribution is 5.94. The number of aromatic nitrogens is 3. The van der Waals surface area contributed by atoms with E-state index in [4.69, 9.17) is 4.98 Å². The highest BCUT2D eigenvalue weighted by atomic mass is 19.1. The maximum Gasteiger partial charge on any atom is 0.256 e. The Morgan fingerprint density at radius 1 is 1.15 bits per heavy atom. The predicted molar refractivity (Wildman–Crippen MR) is 98.1 cm³/mol. The second-order valence-electron chi connectivity index (χ2n) is 7.86. The van der Waals surface area contributed by atoms with Crippen LogP contribution in [0, 0.1) is 24.6 Å². The molecule has 2 aliphatic heterocycles. The second kappa shape index (κ2) is 6.25. The van der Waals surface area contributed by atoms with Crippen molar-refractivity contribution in [2.45, 2.75) is 26.2 Å². The third-order valence-electron chi connectivity index (χ3n) is 6.10. The van der Waals surface area contributed by atoms with Crippen LogP contribution in [-0.4, -0.2) is 51.9 Å². The quantitative estimate of drug-likeness (QED) is 0.813. The van der Waals surface area contributed by atoms with Gasteiger partial charge in [0, 0.05) is 55.5 Å². The Labute approximate surface area is 157 Å². The van der Waals surface area contributed by atoms with E-state index in [1.807, 2.05) is 6.92 Å². The van der Waals surface area contributed by atoms with E-state index in [1.165, 1.54) is 23.5 Å². The molecule has 4 heterocycles. The van der Waals surface area contributed by atoms with Crippen LogP contribution in [0.2, 0.25) is 0 Å². The lowest BCUT2D eigenvalue weighted by Crippen LogP contribution is -2.34. The minimum Gasteiger partial charge on any atom is -0.356 e. The summed E-state index contributed by atoms with van der Waals surface area (Å²) in [5.74, 6) is 1.98. The summed E-state index contributed by atoms with van der Waals surface area (Å²) in [5, 5.41) is 0. The molecule has 3 aliphatic rings. The van der Waals surface area contributed by atoms with Crippen LogP contribution in [0.4, 0.5) is 10.2 Å². The number of carbonyl (C=O) groups excluding carboxylic acids is 1. The Hall–Kier alpha value is -2.57. The first kappa shape index (κ1) is 16.6. The number of anilines is 1. The number of carbonyl (C=O) groups is 1. The van der Waals surface area contributed by atoms with Crippen LogP contribution >= 0.6 is 0 Å². The van der Waals surface area contributed by atoms with Gasteiger partial charge in [-0.3, -0.25) is 9.78 Å². The molecule has 27 heavy (non-hydrogen) atoms. The van der Waals surface area contributed by atoms with E-state index in [-0.39, 0.29) is 11.5 Å². The van der Waals surface area contributed by atoms with Gasteiger partial charge in [0.25, 0.3) is 5.91 Å². The van der Waals surface area contributed by atoms with Gasteiger partial charge < -0.3 is 9.80 Å². The number of hydrogen-bond donors (Lipinski definition) is 0. The van der Waals surface area contributed by atoms with Crippen LogP contribution < -0.4 is 4.90 Å². The molecule has 140 valence electrons. The van der Waals surface area contributed by atoms with Crippen molar-refractivity contribution >= 4 is 11.7 Å². The summed E-state index contributed by atoms with van der Waals surface area (Å²) in [5.41, 5.74) is 2.64. The molecule has 1 aliphatic carbocycles. The van der Waals surface area contributed by atoms with Gasteiger partial charge in [0.15, 0.2) is 5.82 Å². The number of aryl methyl sites for hydroxylation is 2. The van der Waals surface area contributed by atoms with Crippen LogP contribution in [-0.2, 0) is 12.8 Å². The van der Waals surface area contributed by atoms with E-state index in [9.17, 15) is 9.18 Å². The maximum absolute atomic E-state index is 13.9. The average molecular weight is 367 g/mol. The second-order valence-corrected chi connectivity index (χ2v) is 7.86. The zero-order valence-electron chi connectivity index (χ0n) is 15.4. The predicted octanol–water partition coefficient (Wildman–Crippen LogP) is 2.02. The van der Waals surface area contributed by atoms with Gasteiger partial charge in [-0.2, -0.15) is 0 Å². The van der Waals surface area contributed by atoms with Crippen molar-refractivity contribution < 1.29 is 9.18 Å². The van der Waals surface area contributed by atoms with Gasteiger partial charge in [-0.1, -0.05) is 0 Å². The fraction of sp³-hybridized carbons (Fsp3) is 0.500. The zero-order chi connectivity index (χ0) is 18.5. The van der Waals surface area contributed by atoms with Crippen LogP contribution in [0.5, 0.6) is 0 Å². The maximum atomic E-state index is 13.9. The monoisotopic (exact) mass is 367 g/mol. The molecule has 2 aromatic heterocycles. The Balaban J connectivity index is 1.32. The lowest BCUT2D eigenvalue weighted by molar-refractivity contribution is 0.0777. The number of hydrogen-bond acceptors (Lipinski definition) is 5. The van der Waals surface area contributed by atoms with Crippen molar-refractivity contribution in [3.8, 4) is 0 Å². The first-order valence-electron chi connectivity index (χ1n) is 9.60. The van der Waals surface area contributed by atoms with Gasteiger partial charge in [-0.05, 0) is 32.3 Å². The lowest BCUT2D eigenvalue weighted by atomic mass is 10.0. The van der Waals surface area contributed by atoms with Gasteiger partial charge >= 0.3 is 0 Å². The van der Waals surface area contributed by atoms with Gasteiger partial charge in [0.2, 0.25) is 0 Å². The SMILES string of the molecule is Cc1nc2c(c(N3CC4CN(C(=O)c5ccncc5F)CC4C3)n1)CCC2. The summed E-state index contributed by atoms with van der Waals surface area (Å²) < 4.78 is 13.9. The van der Waals surface area contributed by atoms with Crippen LogP contribution in [0.3, 0.4) is 0 Å². The van der Waals surface area contributed by atoms with Crippen molar-refractivity contribution in [3.05, 3.63) is 46.9 Å². The van der Waals surface area contributed by atoms with Crippen LogP contribution in [0.15, 0.2) is 18.5 Å². The molecule has 0 saturated carbocycles. The summed E-state index contributed by atoms with van der Waals surface area (Å²) >= 11 is 0. The average Bonchev–Trinajstić information content (AvgIpc) is 3.34. The molecule has 0 spiro atoms. The van der Waals surface area contributed by atoms with Crippen molar-refractivity contribution in [2.75, 3.05) is 31.1 Å². The third kappa shape index (κ3) is 2.76. The van der Waals surface area contributed by atoms with E-state index in [1.54, 1.807) is 4.90 Å². The fourth-order valence-corrected chi connectivity index (χ4v) is 4.85. The summed E-state index contributed by atoms with van der Waals surface area (Å²) in [7, 11) is 0. The molecule has 6 nitrogen and oxygen atoms in total. The van der Waals surface area contributed by atoms with E-state index in [0.29, 0.717) is 24.9 Å². The number of nitrogens with zero attached hydrogens (tertiary/aromatic N) is 5. The molecular formula is C20H22FN5O. The Morgan fingerprint density at radius 3 is 2.67 bits per heavy atom. The van der Waals surface area contributed by atoms with Crippen LogP contribution in [0.1, 0.15) is 33.9 Å². The van der Waals surface area contributed by atoms with Crippen LogP contribution in [0.25, 0.3) is 0 Å². The lowest BCUT2D eigenvalue weighted by Gasteiger charge is -2.24. The van der Waals surface area contributed by atoms with Gasteiger partial charge in [0.1, 0.15) is 11.6 Å². The minimum absolute atomic E-state index is 0.117. The number of fused-ring (bicyclic) bond motifs is 2. The zero-order valence-corrected chi connectivity index (χ0v) is 15.4. The minimum atomic E-state index is -0.548. The normalized spacial score (nSPS) is 23.6. The van der Waals surface area contributed by atoms with Gasteiger partial charge in [0.05, 0.1) is 11.8 Å². The highest BCUT2D eigenvalue weighted by Crippen LogP contribution is 2.37. The van der Waals surface area contributed by atoms with Crippen molar-refractivity contribution in [3.63, 3.8) is 0 Å². The first-order valence-corrected chi connectivity index (χ1v) is 9.60. The molecule has 0 aromatic carbocycles. The topological polar surface area (TPSA) is 62.2 Å². The fourth-order valence-electron chi connectivity index (χ4n) is 4.85. The molecule has 2 aromatic rings. The Morgan fingerprint density at radius 2 is 1.93 bits per heavy atom. The van der Waals surface area contributed by atoms with Crippen molar-refractivity contribution in [1.82, 2.24) is 19.9 Å². The number of amides is 1.